The summed E-state index contributed by atoms with van der Waals surface area (Å²) in [5.74, 6) is 0.758. The Morgan fingerprint density at radius 2 is 1.40 bits per heavy atom. The molecule has 0 saturated carbocycles. The molecule has 4 heterocycles. The standard InChI is InChI=1S/C36H29Cl3N16O2/c37-24-7-10-29(54-18-42-50-52-54)22(13-24)16-40-35(56)44-28(12-20-4-2-1-3-5-20)34-45-31(32(39)46-34)21-6-9-26-27(15-21)48-49-33(26)47-36(57)41-17-23-14-25(38)8-11-30(23)55-19-43-51-53-55/h1-11,13-15,18-19,28H,12,16-17H2,(H,45,46)(H2,40,44,56)(H3,41,47,48,49,57)/t28-/m0/s1. The lowest BCUT2D eigenvalue weighted by Crippen LogP contribution is -2.39. The number of nitrogens with one attached hydrogen (secondary N) is 6. The lowest BCUT2D eigenvalue weighted by Gasteiger charge is -2.18. The first-order chi connectivity index (χ1) is 27.8. The van der Waals surface area contributed by atoms with Gasteiger partial charge in [-0.3, -0.25) is 10.4 Å². The van der Waals surface area contributed by atoms with Crippen LogP contribution >= 0.6 is 34.8 Å². The van der Waals surface area contributed by atoms with E-state index in [9.17, 15) is 9.59 Å². The van der Waals surface area contributed by atoms with Gasteiger partial charge in [-0.15, -0.1) is 10.2 Å². The minimum absolute atomic E-state index is 0.136. The van der Waals surface area contributed by atoms with Crippen LogP contribution in [-0.4, -0.2) is 72.6 Å². The summed E-state index contributed by atoms with van der Waals surface area (Å²) in [6, 6.07) is 24.0. The number of rotatable bonds is 12. The number of amides is 4. The van der Waals surface area contributed by atoms with Crippen LogP contribution in [0.4, 0.5) is 15.4 Å². The van der Waals surface area contributed by atoms with Gasteiger partial charge in [0, 0.05) is 34.1 Å². The third-order valence-corrected chi connectivity index (χ3v) is 9.56. The molecule has 0 spiro atoms. The van der Waals surface area contributed by atoms with E-state index in [0.717, 1.165) is 5.56 Å². The van der Waals surface area contributed by atoms with Crippen molar-refractivity contribution in [3.05, 3.63) is 135 Å². The molecule has 21 heteroatoms. The van der Waals surface area contributed by atoms with E-state index in [-0.39, 0.29) is 18.2 Å². The Morgan fingerprint density at radius 1 is 0.754 bits per heavy atom. The maximum Gasteiger partial charge on any atom is 0.320 e. The van der Waals surface area contributed by atoms with Gasteiger partial charge in [-0.2, -0.15) is 5.10 Å². The second-order valence-electron chi connectivity index (χ2n) is 12.5. The Balaban J connectivity index is 0.969. The van der Waals surface area contributed by atoms with Crippen LogP contribution in [0.5, 0.6) is 0 Å². The van der Waals surface area contributed by atoms with Gasteiger partial charge in [-0.1, -0.05) is 71.2 Å². The zero-order valence-corrected chi connectivity index (χ0v) is 31.6. The SMILES string of the molecule is O=C(NCc1cc(Cl)ccc1-n1cnnn1)Nc1n[nH]c2cc(-c3nc([C@H](Cc4ccccc4)NC(=O)NCc4cc(Cl)ccc4-n4cnnn4)[nH]c3Cl)ccc12. The number of halogens is 3. The third kappa shape index (κ3) is 8.52. The number of hydrogen-bond donors (Lipinski definition) is 6. The average Bonchev–Trinajstić information content (AvgIpc) is 4.06. The molecule has 8 aromatic rings. The van der Waals surface area contributed by atoms with Crippen molar-refractivity contribution in [3.8, 4) is 22.6 Å². The largest absolute Gasteiger partial charge is 0.334 e. The molecular formula is C36H29Cl3N16O2. The molecule has 0 radical (unpaired) electrons. The van der Waals surface area contributed by atoms with Gasteiger partial charge < -0.3 is 20.9 Å². The highest BCUT2D eigenvalue weighted by molar-refractivity contribution is 6.32. The number of carbonyl (C=O) groups excluding carboxylic acids is 2. The second kappa shape index (κ2) is 16.5. The van der Waals surface area contributed by atoms with Crippen LogP contribution in [0.3, 0.4) is 0 Å². The first-order valence-electron chi connectivity index (χ1n) is 17.2. The van der Waals surface area contributed by atoms with E-state index < -0.39 is 18.1 Å². The quantitative estimate of drug-likeness (QED) is 0.0846. The Morgan fingerprint density at radius 3 is 2.04 bits per heavy atom. The van der Waals surface area contributed by atoms with Crippen molar-refractivity contribution in [1.29, 1.82) is 0 Å². The maximum atomic E-state index is 13.4. The molecule has 0 saturated heterocycles. The van der Waals surface area contributed by atoms with Gasteiger partial charge >= 0.3 is 12.1 Å². The molecule has 18 nitrogen and oxygen atoms in total. The van der Waals surface area contributed by atoms with Crippen LogP contribution in [0.1, 0.15) is 28.6 Å². The number of nitrogens with zero attached hydrogens (tertiary/aromatic N) is 10. The lowest BCUT2D eigenvalue weighted by molar-refractivity contribution is 0.236. The highest BCUT2D eigenvalue weighted by atomic mass is 35.5. The van der Waals surface area contributed by atoms with Gasteiger partial charge in [0.2, 0.25) is 0 Å². The Hall–Kier alpha value is -6.89. The van der Waals surface area contributed by atoms with Gasteiger partial charge in [0.25, 0.3) is 0 Å². The van der Waals surface area contributed by atoms with Crippen molar-refractivity contribution in [1.82, 2.24) is 76.5 Å². The predicted octanol–water partition coefficient (Wildman–Crippen LogP) is 5.97. The van der Waals surface area contributed by atoms with Crippen molar-refractivity contribution in [2.75, 3.05) is 5.32 Å². The molecule has 0 unspecified atom stereocenters. The van der Waals surface area contributed by atoms with Crippen LogP contribution in [0.15, 0.2) is 97.6 Å². The number of benzene rings is 4. The molecule has 57 heavy (non-hydrogen) atoms. The number of imidazole rings is 1. The molecule has 6 N–H and O–H groups in total. The van der Waals surface area contributed by atoms with E-state index in [2.05, 4.69) is 67.5 Å². The van der Waals surface area contributed by atoms with E-state index in [1.54, 1.807) is 42.5 Å². The lowest BCUT2D eigenvalue weighted by atomic mass is 10.1. The topological polar surface area (TPSA) is 227 Å². The predicted molar refractivity (Wildman–Crippen MR) is 211 cm³/mol. The molecule has 8 rings (SSSR count). The Labute approximate surface area is 337 Å². The summed E-state index contributed by atoms with van der Waals surface area (Å²) in [4.78, 5) is 34.4. The molecule has 4 aromatic heterocycles. The van der Waals surface area contributed by atoms with Crippen molar-refractivity contribution < 1.29 is 9.59 Å². The zero-order chi connectivity index (χ0) is 39.3. The number of aromatic nitrogens is 12. The summed E-state index contributed by atoms with van der Waals surface area (Å²) in [6.07, 6.45) is 3.33. The van der Waals surface area contributed by atoms with Crippen LogP contribution in [-0.2, 0) is 19.5 Å². The van der Waals surface area contributed by atoms with E-state index in [1.165, 1.54) is 22.0 Å². The Bertz CT molecular complexity index is 2670. The maximum absolute atomic E-state index is 13.4. The summed E-state index contributed by atoms with van der Waals surface area (Å²) in [6.45, 7) is 0.276. The number of carbonyl (C=O) groups is 2. The monoisotopic (exact) mass is 822 g/mol. The molecule has 4 aromatic carbocycles. The summed E-state index contributed by atoms with van der Waals surface area (Å²) < 4.78 is 2.97. The number of anilines is 1. The molecule has 1 atom stereocenters. The van der Waals surface area contributed by atoms with Crippen molar-refractivity contribution >= 4 is 63.6 Å². The van der Waals surface area contributed by atoms with Gasteiger partial charge in [0.15, 0.2) is 5.82 Å². The second-order valence-corrected chi connectivity index (χ2v) is 13.8. The number of fused-ring (bicyclic) bond motifs is 1. The van der Waals surface area contributed by atoms with Crippen molar-refractivity contribution in [3.63, 3.8) is 0 Å². The molecule has 0 aliphatic carbocycles. The number of aromatic amines is 2. The number of tetrazole rings is 2. The normalized spacial score (nSPS) is 11.7. The van der Waals surface area contributed by atoms with Crippen molar-refractivity contribution in [2.24, 2.45) is 0 Å². The van der Waals surface area contributed by atoms with Crippen LogP contribution in [0, 0.1) is 0 Å². The van der Waals surface area contributed by atoms with Gasteiger partial charge in [-0.05, 0) is 92.5 Å². The van der Waals surface area contributed by atoms with Crippen LogP contribution < -0.4 is 21.3 Å². The van der Waals surface area contributed by atoms with Gasteiger partial charge in [0.1, 0.15) is 29.3 Å². The summed E-state index contributed by atoms with van der Waals surface area (Å²) in [7, 11) is 0. The first-order valence-corrected chi connectivity index (χ1v) is 18.3. The summed E-state index contributed by atoms with van der Waals surface area (Å²) in [5, 5.41) is 43.4. The van der Waals surface area contributed by atoms with Crippen molar-refractivity contribution in [2.45, 2.75) is 25.6 Å². The van der Waals surface area contributed by atoms with Gasteiger partial charge in [-0.25, -0.2) is 23.9 Å². The molecule has 0 aliphatic rings. The van der Waals surface area contributed by atoms with Crippen LogP contribution in [0.25, 0.3) is 33.5 Å². The molecular weight excluding hydrogens is 795 g/mol. The fraction of sp³-hybridized carbons (Fsp3) is 0.111. The average molecular weight is 824 g/mol. The number of urea groups is 2. The smallest absolute Gasteiger partial charge is 0.320 e. The minimum atomic E-state index is -0.599. The van der Waals surface area contributed by atoms with Crippen LogP contribution in [0.2, 0.25) is 15.2 Å². The first kappa shape index (κ1) is 37.1. The summed E-state index contributed by atoms with van der Waals surface area (Å²) >= 11 is 19.3. The fourth-order valence-corrected chi connectivity index (χ4v) is 6.78. The number of H-pyrrole nitrogens is 2. The Kier molecular flexibility index (Phi) is 10.7. The highest BCUT2D eigenvalue weighted by Gasteiger charge is 2.23. The fourth-order valence-electron chi connectivity index (χ4n) is 6.15. The highest BCUT2D eigenvalue weighted by Crippen LogP contribution is 2.32. The molecule has 0 bridgehead atoms. The molecule has 0 fully saturated rings. The zero-order valence-electron chi connectivity index (χ0n) is 29.4. The minimum Gasteiger partial charge on any atom is -0.334 e. The molecule has 286 valence electrons. The van der Waals surface area contributed by atoms with Gasteiger partial charge in [0.05, 0.1) is 22.9 Å². The summed E-state index contributed by atoms with van der Waals surface area (Å²) in [5.41, 5.74) is 5.46. The number of hydrogen-bond acceptors (Lipinski definition) is 10. The van der Waals surface area contributed by atoms with E-state index in [1.807, 2.05) is 42.5 Å². The molecule has 0 aliphatic heterocycles. The third-order valence-electron chi connectivity index (χ3n) is 8.82. The van der Waals surface area contributed by atoms with E-state index in [4.69, 9.17) is 39.8 Å². The molecule has 4 amide bonds. The van der Waals surface area contributed by atoms with E-state index in [0.29, 0.717) is 72.8 Å². The van der Waals surface area contributed by atoms with E-state index >= 15 is 0 Å².